The first-order valence-electron chi connectivity index (χ1n) is 7.83. The van der Waals surface area contributed by atoms with Gasteiger partial charge in [0, 0.05) is 31.5 Å². The number of ether oxygens (including phenoxy) is 1. The van der Waals surface area contributed by atoms with Crippen LogP contribution in [0, 0.1) is 11.6 Å². The SMILES string of the molecule is CN=C(NCCOc1ccc(F)cc1F)NCCc1nc(C(F)(F)F)cs1. The first-order chi connectivity index (χ1) is 12.8. The maximum Gasteiger partial charge on any atom is 0.434 e. The molecule has 0 aliphatic carbocycles. The molecule has 0 saturated heterocycles. The quantitative estimate of drug-likeness (QED) is 0.320. The van der Waals surface area contributed by atoms with Crippen LogP contribution in [0.15, 0.2) is 28.6 Å². The second kappa shape index (κ2) is 9.49. The summed E-state index contributed by atoms with van der Waals surface area (Å²) in [6.45, 7) is 0.717. The molecule has 0 aliphatic heterocycles. The molecule has 27 heavy (non-hydrogen) atoms. The number of guanidine groups is 1. The number of nitrogens with zero attached hydrogens (tertiary/aromatic N) is 2. The van der Waals surface area contributed by atoms with Crippen molar-refractivity contribution in [3.63, 3.8) is 0 Å². The molecule has 2 rings (SSSR count). The second-order valence-corrected chi connectivity index (χ2v) is 6.17. The van der Waals surface area contributed by atoms with Gasteiger partial charge in [-0.1, -0.05) is 0 Å². The Bertz CT molecular complexity index is 778. The van der Waals surface area contributed by atoms with Crippen molar-refractivity contribution < 1.29 is 26.7 Å². The van der Waals surface area contributed by atoms with E-state index in [1.807, 2.05) is 0 Å². The smallest absolute Gasteiger partial charge is 0.434 e. The molecule has 0 amide bonds. The lowest BCUT2D eigenvalue weighted by Gasteiger charge is -2.12. The maximum absolute atomic E-state index is 13.4. The highest BCUT2D eigenvalue weighted by Crippen LogP contribution is 2.30. The molecule has 5 nitrogen and oxygen atoms in total. The van der Waals surface area contributed by atoms with Gasteiger partial charge >= 0.3 is 6.18 Å². The van der Waals surface area contributed by atoms with Crippen molar-refractivity contribution in [2.24, 2.45) is 4.99 Å². The predicted molar refractivity (Wildman–Crippen MR) is 92.0 cm³/mol. The highest BCUT2D eigenvalue weighted by molar-refractivity contribution is 7.09. The molecule has 148 valence electrons. The van der Waals surface area contributed by atoms with Crippen LogP contribution in [-0.2, 0) is 12.6 Å². The number of benzene rings is 1. The van der Waals surface area contributed by atoms with Crippen LogP contribution in [0.3, 0.4) is 0 Å². The number of halogens is 5. The van der Waals surface area contributed by atoms with E-state index in [1.165, 1.54) is 13.1 Å². The molecule has 0 bridgehead atoms. The van der Waals surface area contributed by atoms with E-state index >= 15 is 0 Å². The third-order valence-electron chi connectivity index (χ3n) is 3.24. The molecule has 0 radical (unpaired) electrons. The highest BCUT2D eigenvalue weighted by Gasteiger charge is 2.33. The lowest BCUT2D eigenvalue weighted by atomic mass is 10.3. The number of aromatic nitrogens is 1. The zero-order valence-corrected chi connectivity index (χ0v) is 15.1. The van der Waals surface area contributed by atoms with Gasteiger partial charge in [0.15, 0.2) is 23.2 Å². The van der Waals surface area contributed by atoms with Crippen molar-refractivity contribution in [3.05, 3.63) is 45.9 Å². The summed E-state index contributed by atoms with van der Waals surface area (Å²) < 4.78 is 68.9. The average molecular weight is 408 g/mol. The van der Waals surface area contributed by atoms with Gasteiger partial charge in [-0.2, -0.15) is 13.2 Å². The van der Waals surface area contributed by atoms with E-state index < -0.39 is 23.5 Å². The van der Waals surface area contributed by atoms with E-state index in [-0.39, 0.29) is 18.9 Å². The molecule has 0 aliphatic rings. The number of rotatable bonds is 7. The minimum atomic E-state index is -4.44. The Morgan fingerprint density at radius 2 is 1.96 bits per heavy atom. The van der Waals surface area contributed by atoms with Gasteiger partial charge in [-0.25, -0.2) is 13.8 Å². The predicted octanol–water partition coefficient (Wildman–Crippen LogP) is 3.23. The lowest BCUT2D eigenvalue weighted by Crippen LogP contribution is -2.40. The Hall–Kier alpha value is -2.43. The second-order valence-electron chi connectivity index (χ2n) is 5.22. The maximum atomic E-state index is 13.4. The third-order valence-corrected chi connectivity index (χ3v) is 4.15. The van der Waals surface area contributed by atoms with Gasteiger partial charge in [-0.3, -0.25) is 4.99 Å². The summed E-state index contributed by atoms with van der Waals surface area (Å²) in [5, 5.41) is 7.18. The fourth-order valence-electron chi connectivity index (χ4n) is 1.99. The average Bonchev–Trinajstić information content (AvgIpc) is 3.08. The summed E-state index contributed by atoms with van der Waals surface area (Å²) in [6.07, 6.45) is -4.14. The summed E-state index contributed by atoms with van der Waals surface area (Å²) >= 11 is 0.944. The summed E-state index contributed by atoms with van der Waals surface area (Å²) in [7, 11) is 1.53. The van der Waals surface area contributed by atoms with Crippen molar-refractivity contribution >= 4 is 17.3 Å². The van der Waals surface area contributed by atoms with Gasteiger partial charge in [0.2, 0.25) is 0 Å². The molecule has 0 unspecified atom stereocenters. The highest BCUT2D eigenvalue weighted by atomic mass is 32.1. The first-order valence-corrected chi connectivity index (χ1v) is 8.71. The zero-order valence-electron chi connectivity index (χ0n) is 14.2. The van der Waals surface area contributed by atoms with Crippen LogP contribution in [0.1, 0.15) is 10.7 Å². The molecule has 2 aromatic rings. The van der Waals surface area contributed by atoms with Gasteiger partial charge in [0.25, 0.3) is 0 Å². The summed E-state index contributed by atoms with van der Waals surface area (Å²) in [5.74, 6) is -1.14. The van der Waals surface area contributed by atoms with Crippen molar-refractivity contribution in [2.45, 2.75) is 12.6 Å². The van der Waals surface area contributed by atoms with Gasteiger partial charge < -0.3 is 15.4 Å². The summed E-state index contributed by atoms with van der Waals surface area (Å²) in [6, 6.07) is 3.02. The largest absolute Gasteiger partial charge is 0.489 e. The van der Waals surface area contributed by atoms with Crippen LogP contribution < -0.4 is 15.4 Å². The van der Waals surface area contributed by atoms with E-state index in [4.69, 9.17) is 4.74 Å². The number of alkyl halides is 3. The van der Waals surface area contributed by atoms with Gasteiger partial charge in [0.05, 0.1) is 11.6 Å². The minimum Gasteiger partial charge on any atom is -0.489 e. The van der Waals surface area contributed by atoms with Crippen molar-refractivity contribution in [2.75, 3.05) is 26.7 Å². The van der Waals surface area contributed by atoms with Gasteiger partial charge in [-0.15, -0.1) is 11.3 Å². The standard InChI is InChI=1S/C16H17F5N4OS/c1-22-15(23-5-4-14-25-13(9-27-14)16(19,20)21)24-6-7-26-12-3-2-10(17)8-11(12)18/h2-3,8-9H,4-7H2,1H3,(H2,22,23,24). The molecule has 0 fully saturated rings. The normalized spacial score (nSPS) is 12.1. The number of hydrogen-bond donors (Lipinski definition) is 2. The summed E-state index contributed by atoms with van der Waals surface area (Å²) in [4.78, 5) is 7.49. The molecule has 11 heteroatoms. The lowest BCUT2D eigenvalue weighted by molar-refractivity contribution is -0.140. The fourth-order valence-corrected chi connectivity index (χ4v) is 2.79. The van der Waals surface area contributed by atoms with Crippen LogP contribution in [0.2, 0.25) is 0 Å². The Labute approximate surface area is 156 Å². The topological polar surface area (TPSA) is 58.5 Å². The zero-order chi connectivity index (χ0) is 19.9. The van der Waals surface area contributed by atoms with E-state index in [0.717, 1.165) is 28.8 Å². The van der Waals surface area contributed by atoms with Gasteiger partial charge in [-0.05, 0) is 12.1 Å². The molecule has 0 atom stereocenters. The molecule has 1 heterocycles. The van der Waals surface area contributed by atoms with E-state index in [0.29, 0.717) is 23.9 Å². The summed E-state index contributed by atoms with van der Waals surface area (Å²) in [5.41, 5.74) is -0.893. The third kappa shape index (κ3) is 6.66. The van der Waals surface area contributed by atoms with Crippen LogP contribution in [-0.4, -0.2) is 37.7 Å². The van der Waals surface area contributed by atoms with Crippen LogP contribution in [0.4, 0.5) is 22.0 Å². The molecular formula is C16H17F5N4OS. The molecule has 1 aromatic carbocycles. The number of nitrogens with one attached hydrogen (secondary N) is 2. The molecule has 1 aromatic heterocycles. The Morgan fingerprint density at radius 3 is 2.59 bits per heavy atom. The first kappa shape index (κ1) is 20.9. The number of hydrogen-bond acceptors (Lipinski definition) is 4. The molecule has 0 saturated carbocycles. The van der Waals surface area contributed by atoms with E-state index in [9.17, 15) is 22.0 Å². The van der Waals surface area contributed by atoms with Crippen LogP contribution >= 0.6 is 11.3 Å². The fraction of sp³-hybridized carbons (Fsp3) is 0.375. The minimum absolute atomic E-state index is 0.0645. The Morgan fingerprint density at radius 1 is 1.22 bits per heavy atom. The number of aliphatic imine (C=N–C) groups is 1. The van der Waals surface area contributed by atoms with Crippen LogP contribution in [0.5, 0.6) is 5.75 Å². The van der Waals surface area contributed by atoms with Gasteiger partial charge in [0.1, 0.15) is 12.4 Å². The molecule has 0 spiro atoms. The van der Waals surface area contributed by atoms with Crippen molar-refractivity contribution in [3.8, 4) is 5.75 Å². The number of thiazole rings is 1. The van der Waals surface area contributed by atoms with E-state index in [1.54, 1.807) is 0 Å². The molecular weight excluding hydrogens is 391 g/mol. The van der Waals surface area contributed by atoms with Crippen molar-refractivity contribution in [1.82, 2.24) is 15.6 Å². The Balaban J connectivity index is 1.69. The molecule has 2 N–H and O–H groups in total. The van der Waals surface area contributed by atoms with Crippen LogP contribution in [0.25, 0.3) is 0 Å². The van der Waals surface area contributed by atoms with E-state index in [2.05, 4.69) is 20.6 Å². The monoisotopic (exact) mass is 408 g/mol. The Kier molecular flexibility index (Phi) is 7.34. The van der Waals surface area contributed by atoms with Crippen molar-refractivity contribution in [1.29, 1.82) is 0 Å².